The average Bonchev–Trinajstić information content (AvgIpc) is 3.46. The Hall–Kier alpha value is -4.62. The van der Waals surface area contributed by atoms with Gasteiger partial charge in [-0.2, -0.15) is 0 Å². The van der Waals surface area contributed by atoms with Gasteiger partial charge in [0.05, 0.1) is 0 Å². The van der Waals surface area contributed by atoms with Crippen LogP contribution in [0, 0.1) is 14.9 Å². The molecule has 0 unspecified atom stereocenters. The third-order valence-electron chi connectivity index (χ3n) is 5.98. The van der Waals surface area contributed by atoms with Gasteiger partial charge in [0.1, 0.15) is 0 Å². The fraction of sp³-hybridized carbons (Fsp3) is 0.343. The Bertz CT molecular complexity index is 1360. The Morgan fingerprint density at radius 3 is 0.282 bits per heavy atom. The largest absolute Gasteiger partial charge is 0.358 e. The maximum absolute atomic E-state index is 2.12. The maximum atomic E-state index is 2.12. The molecule has 8 aromatic carbocycles. The number of hydrogen-bond donors (Lipinski definition) is 0. The van der Waals surface area contributed by atoms with Gasteiger partial charge in [-0.3, -0.25) is 0 Å². The van der Waals surface area contributed by atoms with E-state index in [4.69, 9.17) is 0 Å². The minimum atomic E-state index is 0. The summed E-state index contributed by atoms with van der Waals surface area (Å²) in [6.45, 7) is 41.0. The molecule has 8 aromatic rings. The summed E-state index contributed by atoms with van der Waals surface area (Å²) in [5, 5.41) is 5.24. The Morgan fingerprint density at radius 2 is 0.225 bits per heavy atom. The summed E-state index contributed by atoms with van der Waals surface area (Å²) in [5.74, 6) is 0. The van der Waals surface area contributed by atoms with Crippen molar-refractivity contribution in [3.05, 3.63) is 258 Å². The Balaban J connectivity index is -0.0000000623. The van der Waals surface area contributed by atoms with Crippen molar-refractivity contribution in [1.29, 1.82) is 0 Å². The van der Waals surface area contributed by atoms with Gasteiger partial charge in [0.15, 0.2) is 0 Å². The van der Waals surface area contributed by atoms with E-state index in [9.17, 15) is 0 Å². The van der Waals surface area contributed by atoms with E-state index in [2.05, 4.69) is 152 Å². The molecule has 0 fully saturated rings. The summed E-state index contributed by atoms with van der Waals surface area (Å²) >= 11 is 0. The first kappa shape index (κ1) is 92.5. The molecule has 1 heteroatoms. The summed E-state index contributed by atoms with van der Waals surface area (Å²) in [6, 6.07) is 81.4. The molecule has 0 heterocycles. The van der Waals surface area contributed by atoms with Crippen LogP contribution in [0.4, 0.5) is 0 Å². The van der Waals surface area contributed by atoms with Crippen LogP contribution in [0.15, 0.2) is 243 Å². The topological polar surface area (TPSA) is 0 Å². The molecule has 0 bridgehead atoms. The zero-order chi connectivity index (χ0) is 53.4. The summed E-state index contributed by atoms with van der Waals surface area (Å²) < 4.78 is 0. The molecule has 0 amide bonds. The van der Waals surface area contributed by atoms with Gasteiger partial charge in [-0.1, -0.05) is 407 Å². The van der Waals surface area contributed by atoms with Crippen LogP contribution in [0.5, 0.6) is 0 Å². The van der Waals surface area contributed by atoms with Gasteiger partial charge in [0.2, 0.25) is 0 Å². The number of fused-ring (bicyclic) bond motifs is 2. The van der Waals surface area contributed by atoms with Crippen molar-refractivity contribution in [1.82, 2.24) is 0 Å². The van der Waals surface area contributed by atoms with Crippen molar-refractivity contribution in [3.8, 4) is 0 Å². The van der Waals surface area contributed by atoms with Crippen LogP contribution in [0.2, 0.25) is 0 Å². The fourth-order valence-corrected chi connectivity index (χ4v) is 3.81. The summed E-state index contributed by atoms with van der Waals surface area (Å²) in [5.41, 5.74) is 0. The number of rotatable bonds is 0. The molecule has 0 atom stereocenters. The second-order valence-electron chi connectivity index (χ2n) is 12.1. The molecule has 0 aliphatic rings. The van der Waals surface area contributed by atoms with Crippen molar-refractivity contribution >= 4 is 21.5 Å². The second kappa shape index (κ2) is 103. The molecule has 1 radical (unpaired) electrons. The zero-order valence-electron chi connectivity index (χ0n) is 50.5. The summed E-state index contributed by atoms with van der Waals surface area (Å²) in [6.07, 6.45) is 5.00. The van der Waals surface area contributed by atoms with E-state index >= 15 is 0 Å². The fourth-order valence-electron chi connectivity index (χ4n) is 3.81. The van der Waals surface area contributed by atoms with Crippen LogP contribution in [0.25, 0.3) is 21.5 Å². The quantitative estimate of drug-likeness (QED) is 0.133. The standard InChI is InChI=1S/2C10H8.4C6H6.4C3H8.6C2H6.2CH3.Y/c2*1-2-6-10-8-4-3-7-9(10)5-1;4*1-2-4-6-5-3-1;4*1-3-2;6*1-2;;;/h2*1-8H;4*1-6H;4*3H2,1-2H3;6*1-2H3;2*1H3;/q;;;;;;;;;;;;;;;;2*-1;. The van der Waals surface area contributed by atoms with Crippen molar-refractivity contribution in [2.45, 2.75) is 164 Å². The molecular weight excluding hydrogens is 930 g/mol. The average molecular weight is 1040 g/mol. The van der Waals surface area contributed by atoms with E-state index in [1.807, 2.05) is 229 Å². The third kappa shape index (κ3) is 85.6. The van der Waals surface area contributed by atoms with Gasteiger partial charge < -0.3 is 14.9 Å². The minimum absolute atomic E-state index is 0. The molecular formula is C70H114Y-2. The molecule has 0 N–H and O–H groups in total. The van der Waals surface area contributed by atoms with Gasteiger partial charge in [-0.25, -0.2) is 0 Å². The molecule has 0 spiro atoms. The van der Waals surface area contributed by atoms with E-state index in [1.165, 1.54) is 47.2 Å². The van der Waals surface area contributed by atoms with Gasteiger partial charge in [0.25, 0.3) is 0 Å². The zero-order valence-corrected chi connectivity index (χ0v) is 53.3. The Labute approximate surface area is 472 Å². The molecule has 8 rings (SSSR count). The van der Waals surface area contributed by atoms with Gasteiger partial charge in [0, 0.05) is 32.7 Å². The van der Waals surface area contributed by atoms with E-state index < -0.39 is 0 Å². The SMILES string of the molecule is CC.CC.CC.CC.CC.CC.CCC.CCC.CCC.CCC.[CH3-].[CH3-].[Y].c1ccc2ccccc2c1.c1ccc2ccccc2c1.c1ccccc1.c1ccccc1.c1ccccc1.c1ccccc1. The number of hydrogen-bond acceptors (Lipinski definition) is 0. The van der Waals surface area contributed by atoms with Crippen LogP contribution in [-0.4, -0.2) is 0 Å². The Kier molecular flexibility index (Phi) is 134. The van der Waals surface area contributed by atoms with Crippen LogP contribution >= 0.6 is 0 Å². The van der Waals surface area contributed by atoms with Crippen molar-refractivity contribution in [2.75, 3.05) is 0 Å². The normalized spacial score (nSPS) is 7.04. The van der Waals surface area contributed by atoms with Crippen LogP contribution < -0.4 is 0 Å². The van der Waals surface area contributed by atoms with E-state index in [0.717, 1.165) is 0 Å². The van der Waals surface area contributed by atoms with Crippen molar-refractivity contribution in [3.63, 3.8) is 0 Å². The van der Waals surface area contributed by atoms with Crippen molar-refractivity contribution in [2.24, 2.45) is 0 Å². The molecule has 0 nitrogen and oxygen atoms in total. The first-order valence-corrected chi connectivity index (χ1v) is 26.5. The molecule has 0 saturated heterocycles. The number of benzene rings is 8. The van der Waals surface area contributed by atoms with Gasteiger partial charge in [-0.05, 0) is 21.5 Å². The summed E-state index contributed by atoms with van der Waals surface area (Å²) in [7, 11) is 0. The minimum Gasteiger partial charge on any atom is -0.358 e. The molecule has 0 saturated carbocycles. The monoisotopic (exact) mass is 1040 g/mol. The molecule has 399 valence electrons. The van der Waals surface area contributed by atoms with Crippen LogP contribution in [0.3, 0.4) is 0 Å². The third-order valence-corrected chi connectivity index (χ3v) is 5.98. The van der Waals surface area contributed by atoms with E-state index in [-0.39, 0.29) is 47.6 Å². The van der Waals surface area contributed by atoms with E-state index in [1.54, 1.807) is 0 Å². The molecule has 0 aromatic heterocycles. The van der Waals surface area contributed by atoms with Gasteiger partial charge >= 0.3 is 0 Å². The second-order valence-corrected chi connectivity index (χ2v) is 12.1. The van der Waals surface area contributed by atoms with Crippen LogP contribution in [0.1, 0.15) is 164 Å². The first-order valence-electron chi connectivity index (χ1n) is 26.5. The smallest absolute Gasteiger partial charge is 0 e. The van der Waals surface area contributed by atoms with Crippen LogP contribution in [-0.2, 0) is 32.7 Å². The Morgan fingerprint density at radius 1 is 0.169 bits per heavy atom. The molecule has 0 aliphatic carbocycles. The predicted molar refractivity (Wildman–Crippen MR) is 338 cm³/mol. The first-order chi connectivity index (χ1) is 33.6. The van der Waals surface area contributed by atoms with E-state index in [0.29, 0.717) is 0 Å². The maximum Gasteiger partial charge on any atom is 0 e. The molecule has 0 aliphatic heterocycles. The molecule has 71 heavy (non-hydrogen) atoms. The van der Waals surface area contributed by atoms with Crippen molar-refractivity contribution < 1.29 is 32.7 Å². The predicted octanol–water partition coefficient (Wildman–Crippen LogP) is 25.1. The van der Waals surface area contributed by atoms with Gasteiger partial charge in [-0.15, -0.1) is 0 Å². The summed E-state index contributed by atoms with van der Waals surface area (Å²) in [4.78, 5) is 0.